The summed E-state index contributed by atoms with van der Waals surface area (Å²) in [5.41, 5.74) is 9.44. The topological polar surface area (TPSA) is 93.0 Å². The van der Waals surface area contributed by atoms with Crippen LogP contribution in [0.1, 0.15) is 23.6 Å². The molecule has 3 rings (SSSR count). The number of carbonyl (C=O) groups excluding carboxylic acids is 1. The summed E-state index contributed by atoms with van der Waals surface area (Å²) in [6.45, 7) is 0.306. The third-order valence-electron chi connectivity index (χ3n) is 4.23. The standard InChI is InChI=1S/C19H22N4O2.2ClH/c1-25-15(11-20)10-18(24)23-19(13-5-3-2-4-6-13)14-7-8-16-17(9-14)22-12-21-16;;/h2-9,12,15,19H,10-11,20H2,1H3,(H,21,22)(H,23,24);2*1H. The Morgan fingerprint density at radius 2 is 1.93 bits per heavy atom. The highest BCUT2D eigenvalue weighted by molar-refractivity contribution is 5.85. The zero-order valence-corrected chi connectivity index (χ0v) is 16.6. The molecule has 1 aromatic heterocycles. The van der Waals surface area contributed by atoms with Crippen molar-refractivity contribution < 1.29 is 9.53 Å². The quantitative estimate of drug-likeness (QED) is 0.557. The number of rotatable bonds is 7. The summed E-state index contributed by atoms with van der Waals surface area (Å²) < 4.78 is 5.21. The van der Waals surface area contributed by atoms with Gasteiger partial charge in [-0.25, -0.2) is 4.98 Å². The van der Waals surface area contributed by atoms with Crippen LogP contribution in [0.25, 0.3) is 11.0 Å². The number of methoxy groups -OCH3 is 1. The van der Waals surface area contributed by atoms with E-state index in [1.165, 1.54) is 0 Å². The van der Waals surface area contributed by atoms with Gasteiger partial charge in [-0.15, -0.1) is 24.8 Å². The molecule has 8 heteroatoms. The van der Waals surface area contributed by atoms with Gasteiger partial charge in [0.25, 0.3) is 0 Å². The number of nitrogens with zero attached hydrogens (tertiary/aromatic N) is 1. The number of aromatic nitrogens is 2. The summed E-state index contributed by atoms with van der Waals surface area (Å²) in [6, 6.07) is 15.6. The molecule has 0 saturated heterocycles. The maximum Gasteiger partial charge on any atom is 0.223 e. The van der Waals surface area contributed by atoms with Crippen LogP contribution in [0.4, 0.5) is 0 Å². The van der Waals surface area contributed by atoms with Crippen LogP contribution >= 0.6 is 24.8 Å². The molecule has 1 amide bonds. The molecule has 0 fully saturated rings. The third kappa shape index (κ3) is 5.68. The Balaban J connectivity index is 0.00000182. The Bertz CT molecular complexity index is 838. The lowest BCUT2D eigenvalue weighted by Crippen LogP contribution is -2.34. The molecule has 0 aliphatic carbocycles. The van der Waals surface area contributed by atoms with E-state index in [1.54, 1.807) is 13.4 Å². The van der Waals surface area contributed by atoms with E-state index in [0.29, 0.717) is 6.54 Å². The van der Waals surface area contributed by atoms with Crippen LogP contribution in [0.2, 0.25) is 0 Å². The fourth-order valence-electron chi connectivity index (χ4n) is 2.83. The van der Waals surface area contributed by atoms with Crippen molar-refractivity contribution in [3.63, 3.8) is 0 Å². The third-order valence-corrected chi connectivity index (χ3v) is 4.23. The van der Waals surface area contributed by atoms with Gasteiger partial charge >= 0.3 is 0 Å². The van der Waals surface area contributed by atoms with E-state index in [1.807, 2.05) is 48.5 Å². The van der Waals surface area contributed by atoms with E-state index >= 15 is 0 Å². The lowest BCUT2D eigenvalue weighted by Gasteiger charge is -2.21. The summed E-state index contributed by atoms with van der Waals surface area (Å²) >= 11 is 0. The molecule has 0 aliphatic rings. The molecule has 4 N–H and O–H groups in total. The maximum atomic E-state index is 12.5. The van der Waals surface area contributed by atoms with E-state index in [9.17, 15) is 4.79 Å². The molecule has 2 atom stereocenters. The zero-order valence-electron chi connectivity index (χ0n) is 14.9. The molecule has 6 nitrogen and oxygen atoms in total. The van der Waals surface area contributed by atoms with Gasteiger partial charge < -0.3 is 20.8 Å². The molecule has 0 aliphatic heterocycles. The molecular formula is C19H24Cl2N4O2. The van der Waals surface area contributed by atoms with E-state index in [0.717, 1.165) is 22.2 Å². The molecule has 0 spiro atoms. The number of fused-ring (bicyclic) bond motifs is 1. The van der Waals surface area contributed by atoms with Gasteiger partial charge in [-0.3, -0.25) is 4.79 Å². The number of ether oxygens (including phenoxy) is 1. The fourth-order valence-corrected chi connectivity index (χ4v) is 2.83. The molecule has 0 bridgehead atoms. The Morgan fingerprint density at radius 3 is 2.59 bits per heavy atom. The molecule has 2 unspecified atom stereocenters. The molecule has 2 aromatic carbocycles. The number of hydrogen-bond acceptors (Lipinski definition) is 4. The number of amides is 1. The summed E-state index contributed by atoms with van der Waals surface area (Å²) in [6.07, 6.45) is 1.60. The van der Waals surface area contributed by atoms with E-state index in [-0.39, 0.29) is 49.3 Å². The summed E-state index contributed by atoms with van der Waals surface area (Å²) in [7, 11) is 1.56. The predicted octanol–water partition coefficient (Wildman–Crippen LogP) is 2.98. The van der Waals surface area contributed by atoms with Crippen molar-refractivity contribution in [3.05, 3.63) is 66.0 Å². The first-order valence-electron chi connectivity index (χ1n) is 8.21. The second kappa shape index (κ2) is 10.9. The molecule has 146 valence electrons. The van der Waals surface area contributed by atoms with Crippen LogP contribution in [-0.4, -0.2) is 35.6 Å². The molecule has 0 radical (unpaired) electrons. The molecule has 27 heavy (non-hydrogen) atoms. The second-order valence-corrected chi connectivity index (χ2v) is 5.89. The van der Waals surface area contributed by atoms with Crippen molar-refractivity contribution >= 4 is 41.8 Å². The summed E-state index contributed by atoms with van der Waals surface area (Å²) in [5, 5.41) is 3.10. The number of imidazole rings is 1. The van der Waals surface area contributed by atoms with Gasteiger partial charge in [0, 0.05) is 13.7 Å². The largest absolute Gasteiger partial charge is 0.380 e. The maximum absolute atomic E-state index is 12.5. The van der Waals surface area contributed by atoms with Crippen molar-refractivity contribution in [2.24, 2.45) is 5.73 Å². The number of benzene rings is 2. The molecule has 3 aromatic rings. The van der Waals surface area contributed by atoms with Crippen molar-refractivity contribution in [1.29, 1.82) is 0 Å². The van der Waals surface area contributed by atoms with Crippen molar-refractivity contribution in [2.75, 3.05) is 13.7 Å². The summed E-state index contributed by atoms with van der Waals surface area (Å²) in [5.74, 6) is -0.101. The predicted molar refractivity (Wildman–Crippen MR) is 111 cm³/mol. The van der Waals surface area contributed by atoms with Crippen LogP contribution in [0.5, 0.6) is 0 Å². The minimum Gasteiger partial charge on any atom is -0.380 e. The molecular weight excluding hydrogens is 387 g/mol. The molecule has 1 heterocycles. The Labute approximate surface area is 170 Å². The average Bonchev–Trinajstić information content (AvgIpc) is 3.12. The first-order valence-corrected chi connectivity index (χ1v) is 8.21. The van der Waals surface area contributed by atoms with Gasteiger partial charge in [-0.1, -0.05) is 36.4 Å². The highest BCUT2D eigenvalue weighted by Crippen LogP contribution is 2.24. The van der Waals surface area contributed by atoms with Gasteiger partial charge in [0.05, 0.1) is 35.9 Å². The van der Waals surface area contributed by atoms with Crippen molar-refractivity contribution in [1.82, 2.24) is 15.3 Å². The smallest absolute Gasteiger partial charge is 0.223 e. The number of H-pyrrole nitrogens is 1. The monoisotopic (exact) mass is 410 g/mol. The highest BCUT2D eigenvalue weighted by Gasteiger charge is 2.19. The van der Waals surface area contributed by atoms with E-state index in [2.05, 4.69) is 15.3 Å². The van der Waals surface area contributed by atoms with E-state index in [4.69, 9.17) is 10.5 Å². The van der Waals surface area contributed by atoms with Crippen molar-refractivity contribution in [2.45, 2.75) is 18.6 Å². The van der Waals surface area contributed by atoms with Gasteiger partial charge in [-0.2, -0.15) is 0 Å². The van der Waals surface area contributed by atoms with Gasteiger partial charge in [0.2, 0.25) is 5.91 Å². The SMILES string of the molecule is COC(CN)CC(=O)NC(c1ccccc1)c1ccc2nc[nH]c2c1.Cl.Cl. The van der Waals surface area contributed by atoms with Crippen LogP contribution < -0.4 is 11.1 Å². The van der Waals surface area contributed by atoms with Gasteiger partial charge in [-0.05, 0) is 23.3 Å². The van der Waals surface area contributed by atoms with Gasteiger partial charge in [0.15, 0.2) is 0 Å². The average molecular weight is 411 g/mol. The normalized spacial score (nSPS) is 12.5. The zero-order chi connectivity index (χ0) is 17.6. The lowest BCUT2D eigenvalue weighted by atomic mass is 9.98. The lowest BCUT2D eigenvalue weighted by molar-refractivity contribution is -0.123. The number of carbonyl (C=O) groups is 1. The van der Waals surface area contributed by atoms with Crippen LogP contribution in [-0.2, 0) is 9.53 Å². The number of hydrogen-bond donors (Lipinski definition) is 3. The number of nitrogens with two attached hydrogens (primary N) is 1. The first kappa shape index (κ1) is 22.9. The van der Waals surface area contributed by atoms with E-state index < -0.39 is 0 Å². The summed E-state index contributed by atoms with van der Waals surface area (Å²) in [4.78, 5) is 19.8. The second-order valence-electron chi connectivity index (χ2n) is 5.89. The Kier molecular flexibility index (Phi) is 9.25. The van der Waals surface area contributed by atoms with Crippen molar-refractivity contribution in [3.8, 4) is 0 Å². The van der Waals surface area contributed by atoms with Crippen LogP contribution in [0.3, 0.4) is 0 Å². The first-order chi connectivity index (χ1) is 12.2. The fraction of sp³-hybridized carbons (Fsp3) is 0.263. The number of nitrogens with one attached hydrogen (secondary N) is 2. The Morgan fingerprint density at radius 1 is 1.19 bits per heavy atom. The highest BCUT2D eigenvalue weighted by atomic mass is 35.5. The minimum atomic E-state index is -0.286. The minimum absolute atomic E-state index is 0. The van der Waals surface area contributed by atoms with Crippen LogP contribution in [0.15, 0.2) is 54.9 Å². The Hall–Kier alpha value is -2.12. The van der Waals surface area contributed by atoms with Crippen LogP contribution in [0, 0.1) is 0 Å². The molecule has 0 saturated carbocycles. The van der Waals surface area contributed by atoms with Gasteiger partial charge in [0.1, 0.15) is 0 Å². The number of halogens is 2. The number of aromatic amines is 1.